The topological polar surface area (TPSA) is 37.4 Å². The summed E-state index contributed by atoms with van der Waals surface area (Å²) < 4.78 is 11.8. The zero-order chi connectivity index (χ0) is 21.0. The molecule has 2 unspecified atom stereocenters. The van der Waals surface area contributed by atoms with Crippen molar-refractivity contribution in [1.82, 2.24) is 0 Å². The second-order valence-corrected chi connectivity index (χ2v) is 8.74. The van der Waals surface area contributed by atoms with Crippen LogP contribution in [0.2, 0.25) is 5.02 Å². The van der Waals surface area contributed by atoms with Crippen LogP contribution in [0.15, 0.2) is 96.3 Å². The summed E-state index contributed by atoms with van der Waals surface area (Å²) in [7, 11) is 0. The molecule has 5 rings (SSSR count). The van der Waals surface area contributed by atoms with E-state index in [-0.39, 0.29) is 12.3 Å². The van der Waals surface area contributed by atoms with Crippen LogP contribution in [0.25, 0.3) is 0 Å². The molecule has 0 N–H and O–H groups in total. The normalized spacial score (nSPS) is 19.4. The van der Waals surface area contributed by atoms with Gasteiger partial charge in [0.05, 0.1) is 0 Å². The zero-order valence-electron chi connectivity index (χ0n) is 16.7. The summed E-state index contributed by atoms with van der Waals surface area (Å²) in [6, 6.07) is 26.2. The van der Waals surface area contributed by atoms with Gasteiger partial charge in [-0.3, -0.25) is 0 Å². The summed E-state index contributed by atoms with van der Waals surface area (Å²) in [6.45, 7) is 0.555. The quantitative estimate of drug-likeness (QED) is 0.416. The zero-order valence-corrected chi connectivity index (χ0v) is 18.3. The van der Waals surface area contributed by atoms with Gasteiger partial charge in [0, 0.05) is 28.9 Å². The molecule has 3 aromatic carbocycles. The van der Waals surface area contributed by atoms with Gasteiger partial charge in [0.15, 0.2) is 12.3 Å². The van der Waals surface area contributed by atoms with Gasteiger partial charge in [-0.15, -0.1) is 11.8 Å². The molecule has 2 atom stereocenters. The summed E-state index contributed by atoms with van der Waals surface area (Å²) in [5, 5.41) is 1.75. The lowest BCUT2D eigenvalue weighted by Crippen LogP contribution is -2.22. The van der Waals surface area contributed by atoms with E-state index in [1.54, 1.807) is 11.8 Å². The summed E-state index contributed by atoms with van der Waals surface area (Å²) in [5.41, 5.74) is 3.41. The molecule has 0 aromatic heterocycles. The maximum Gasteiger partial charge on any atom is 0.168 e. The molecular weight excluding hydrogens is 428 g/mol. The first-order valence-corrected chi connectivity index (χ1v) is 11.4. The number of thioether (sulfide) groups is 1. The predicted molar refractivity (Wildman–Crippen MR) is 128 cm³/mol. The highest BCUT2D eigenvalue weighted by Gasteiger charge is 2.48. The van der Waals surface area contributed by atoms with E-state index in [2.05, 4.69) is 34.2 Å². The van der Waals surface area contributed by atoms with E-state index in [1.165, 1.54) is 5.56 Å². The van der Waals surface area contributed by atoms with Crippen molar-refractivity contribution in [2.75, 3.05) is 4.90 Å². The monoisotopic (exact) mass is 448 g/mol. The van der Waals surface area contributed by atoms with Gasteiger partial charge in [-0.25, -0.2) is 4.99 Å². The van der Waals surface area contributed by atoms with Crippen molar-refractivity contribution in [1.29, 1.82) is 0 Å². The number of halogens is 1. The van der Waals surface area contributed by atoms with Crippen LogP contribution >= 0.6 is 23.4 Å². The van der Waals surface area contributed by atoms with E-state index in [1.807, 2.05) is 67.0 Å². The number of rotatable bonds is 6. The first kappa shape index (κ1) is 20.2. The lowest BCUT2D eigenvalue weighted by atomic mass is 10.2. The number of nitrogens with zero attached hydrogens (tertiary/aromatic N) is 2. The highest BCUT2D eigenvalue weighted by Crippen LogP contribution is 2.37. The molecule has 31 heavy (non-hydrogen) atoms. The number of hydrogen-bond acceptors (Lipinski definition) is 5. The van der Waals surface area contributed by atoms with Gasteiger partial charge < -0.3 is 14.4 Å². The summed E-state index contributed by atoms with van der Waals surface area (Å²) >= 11 is 7.68. The van der Waals surface area contributed by atoms with E-state index in [0.29, 0.717) is 6.61 Å². The fourth-order valence-corrected chi connectivity index (χ4v) is 4.48. The highest BCUT2D eigenvalue weighted by molar-refractivity contribution is 8.13. The van der Waals surface area contributed by atoms with E-state index in [9.17, 15) is 0 Å². The van der Waals surface area contributed by atoms with Crippen molar-refractivity contribution in [2.45, 2.75) is 24.7 Å². The molecule has 0 saturated carbocycles. The van der Waals surface area contributed by atoms with Gasteiger partial charge in [-0.2, -0.15) is 0 Å². The molecular formula is C25H21ClN2O2S. The lowest BCUT2D eigenvalue weighted by molar-refractivity contribution is 0.306. The largest absolute Gasteiger partial charge is 0.489 e. The van der Waals surface area contributed by atoms with Gasteiger partial charge in [0.2, 0.25) is 0 Å². The second kappa shape index (κ2) is 9.18. The van der Waals surface area contributed by atoms with Gasteiger partial charge in [-0.1, -0.05) is 54.1 Å². The Hall–Kier alpha value is -2.73. The van der Waals surface area contributed by atoms with Crippen molar-refractivity contribution in [3.8, 4) is 5.75 Å². The third kappa shape index (κ3) is 4.96. The first-order chi connectivity index (χ1) is 15.3. The minimum atomic E-state index is -0.0219. The molecule has 1 saturated heterocycles. The van der Waals surface area contributed by atoms with Crippen molar-refractivity contribution in [3.63, 3.8) is 0 Å². The molecule has 0 bridgehead atoms. The average molecular weight is 449 g/mol. The number of anilines is 1. The van der Waals surface area contributed by atoms with Crippen LogP contribution in [0.5, 0.6) is 5.75 Å². The van der Waals surface area contributed by atoms with Crippen molar-refractivity contribution in [3.05, 3.63) is 107 Å². The maximum atomic E-state index is 5.97. The SMILES string of the molecule is Clc1ccc(CSC2=NC=CN(c3ccc(OCc4ccccc4)cc3)C3OC23)cc1. The fourth-order valence-electron chi connectivity index (χ4n) is 3.38. The lowest BCUT2D eigenvalue weighted by Gasteiger charge is -2.17. The number of fused-ring (bicyclic) bond motifs is 1. The summed E-state index contributed by atoms with van der Waals surface area (Å²) in [6.07, 6.45) is 3.80. The second-order valence-electron chi connectivity index (χ2n) is 7.30. The van der Waals surface area contributed by atoms with Gasteiger partial charge in [0.25, 0.3) is 0 Å². The number of benzene rings is 3. The van der Waals surface area contributed by atoms with Crippen molar-refractivity contribution in [2.24, 2.45) is 4.99 Å². The van der Waals surface area contributed by atoms with Crippen LogP contribution in [-0.4, -0.2) is 17.4 Å². The first-order valence-electron chi connectivity index (χ1n) is 10.1. The average Bonchev–Trinajstić information content (AvgIpc) is 3.61. The summed E-state index contributed by atoms with van der Waals surface area (Å²) in [4.78, 5) is 6.73. The van der Waals surface area contributed by atoms with E-state index in [0.717, 1.165) is 32.8 Å². The summed E-state index contributed by atoms with van der Waals surface area (Å²) in [5.74, 6) is 1.68. The smallest absolute Gasteiger partial charge is 0.168 e. The number of aliphatic imine (C=N–C) groups is 1. The molecule has 156 valence electrons. The Morgan fingerprint density at radius 2 is 1.71 bits per heavy atom. The number of ether oxygens (including phenoxy) is 2. The standard InChI is InChI=1S/C25H21ClN2O2S/c26-20-8-6-19(7-9-20)17-31-24-23-25(30-23)28(15-14-27-24)21-10-12-22(13-11-21)29-16-18-4-2-1-3-5-18/h1-15,23,25H,16-17H2. The Kier molecular flexibility index (Phi) is 5.98. The molecule has 0 aliphatic carbocycles. The van der Waals surface area contributed by atoms with Gasteiger partial charge in [-0.05, 0) is 47.5 Å². The predicted octanol–water partition coefficient (Wildman–Crippen LogP) is 6.27. The Balaban J connectivity index is 1.18. The Labute approximate surface area is 191 Å². The number of epoxide rings is 1. The van der Waals surface area contributed by atoms with E-state index >= 15 is 0 Å². The Bertz CT molecular complexity index is 1080. The molecule has 1 fully saturated rings. The Morgan fingerprint density at radius 1 is 0.935 bits per heavy atom. The van der Waals surface area contributed by atoms with E-state index < -0.39 is 0 Å². The molecule has 2 aliphatic heterocycles. The Morgan fingerprint density at radius 3 is 2.48 bits per heavy atom. The highest BCUT2D eigenvalue weighted by atomic mass is 35.5. The van der Waals surface area contributed by atoms with Gasteiger partial charge in [0.1, 0.15) is 17.4 Å². The molecule has 6 heteroatoms. The van der Waals surface area contributed by atoms with Crippen molar-refractivity contribution >= 4 is 34.1 Å². The molecule has 2 aliphatic rings. The third-order valence-electron chi connectivity index (χ3n) is 5.10. The van der Waals surface area contributed by atoms with Crippen LogP contribution in [0.1, 0.15) is 11.1 Å². The van der Waals surface area contributed by atoms with Crippen LogP contribution < -0.4 is 9.64 Å². The van der Waals surface area contributed by atoms with E-state index in [4.69, 9.17) is 21.1 Å². The molecule has 0 amide bonds. The molecule has 4 nitrogen and oxygen atoms in total. The van der Waals surface area contributed by atoms with Crippen molar-refractivity contribution < 1.29 is 9.47 Å². The molecule has 3 aromatic rings. The molecule has 0 radical (unpaired) electrons. The third-order valence-corrected chi connectivity index (χ3v) is 6.46. The molecule has 2 heterocycles. The molecule has 0 spiro atoms. The fraction of sp³-hybridized carbons (Fsp3) is 0.160. The maximum absolute atomic E-state index is 5.97. The van der Waals surface area contributed by atoms with Crippen LogP contribution in [0, 0.1) is 0 Å². The minimum Gasteiger partial charge on any atom is -0.489 e. The van der Waals surface area contributed by atoms with Crippen LogP contribution in [0.3, 0.4) is 0 Å². The van der Waals surface area contributed by atoms with Crippen LogP contribution in [-0.2, 0) is 17.1 Å². The van der Waals surface area contributed by atoms with Gasteiger partial charge >= 0.3 is 0 Å². The minimum absolute atomic E-state index is 0.00121. The number of hydrogen-bond donors (Lipinski definition) is 0. The van der Waals surface area contributed by atoms with Crippen LogP contribution in [0.4, 0.5) is 5.69 Å².